The van der Waals surface area contributed by atoms with Crippen molar-refractivity contribution < 1.29 is 13.5 Å². The predicted molar refractivity (Wildman–Crippen MR) is 73.1 cm³/mol. The standard InChI is InChI=1S/C12H14F2N6O/c1-2-3-21-12-18-10(17-11(19-12)20-15)16-9-5-7(13)4-8(14)6-9/h4-6H,2-3,15H2,1H3,(H2,16,17,18,19,20). The van der Waals surface area contributed by atoms with E-state index in [2.05, 4.69) is 25.7 Å². The molecule has 2 rings (SSSR count). The molecule has 0 radical (unpaired) electrons. The number of nitrogens with two attached hydrogens (primary N) is 1. The molecule has 0 fully saturated rings. The molecule has 9 heteroatoms. The van der Waals surface area contributed by atoms with Crippen molar-refractivity contribution in [2.75, 3.05) is 17.3 Å². The van der Waals surface area contributed by atoms with E-state index in [1.54, 1.807) is 0 Å². The summed E-state index contributed by atoms with van der Waals surface area (Å²) < 4.78 is 31.5. The fraction of sp³-hybridized carbons (Fsp3) is 0.250. The molecule has 0 saturated heterocycles. The Bertz CT molecular complexity index is 604. The van der Waals surface area contributed by atoms with Crippen molar-refractivity contribution in [2.24, 2.45) is 5.84 Å². The molecule has 1 aromatic heterocycles. The summed E-state index contributed by atoms with van der Waals surface area (Å²) in [6.07, 6.45) is 0.773. The van der Waals surface area contributed by atoms with Gasteiger partial charge in [0.05, 0.1) is 6.61 Å². The summed E-state index contributed by atoms with van der Waals surface area (Å²) in [6, 6.07) is 3.03. The second kappa shape index (κ2) is 6.75. The maximum atomic E-state index is 13.1. The minimum absolute atomic E-state index is 0.0500. The van der Waals surface area contributed by atoms with E-state index in [-0.39, 0.29) is 23.6 Å². The summed E-state index contributed by atoms with van der Waals surface area (Å²) in [6.45, 7) is 2.35. The first-order chi connectivity index (χ1) is 10.1. The number of halogens is 2. The second-order valence-electron chi connectivity index (χ2n) is 4.04. The molecule has 2 aromatic rings. The summed E-state index contributed by atoms with van der Waals surface area (Å²) in [5.74, 6) is 3.93. The predicted octanol–water partition coefficient (Wildman–Crippen LogP) is 1.97. The highest BCUT2D eigenvalue weighted by Gasteiger charge is 2.08. The van der Waals surface area contributed by atoms with Gasteiger partial charge >= 0.3 is 6.01 Å². The molecule has 0 unspecified atom stereocenters. The van der Waals surface area contributed by atoms with Crippen molar-refractivity contribution >= 4 is 17.6 Å². The molecule has 0 saturated carbocycles. The summed E-state index contributed by atoms with van der Waals surface area (Å²) in [7, 11) is 0. The molecule has 0 spiro atoms. The summed E-state index contributed by atoms with van der Waals surface area (Å²) >= 11 is 0. The number of benzene rings is 1. The van der Waals surface area contributed by atoms with E-state index in [1.165, 1.54) is 0 Å². The van der Waals surface area contributed by atoms with Gasteiger partial charge in [0.2, 0.25) is 11.9 Å². The Hall–Kier alpha value is -2.55. The topological polar surface area (TPSA) is 98.0 Å². The van der Waals surface area contributed by atoms with Gasteiger partial charge in [0.15, 0.2) is 0 Å². The van der Waals surface area contributed by atoms with Crippen LogP contribution in [0.1, 0.15) is 13.3 Å². The number of hydrogen-bond acceptors (Lipinski definition) is 7. The van der Waals surface area contributed by atoms with E-state index in [0.29, 0.717) is 6.61 Å². The first-order valence-corrected chi connectivity index (χ1v) is 6.19. The Balaban J connectivity index is 2.25. The van der Waals surface area contributed by atoms with Gasteiger partial charge in [-0.05, 0) is 18.6 Å². The van der Waals surface area contributed by atoms with Gasteiger partial charge in [-0.1, -0.05) is 6.92 Å². The van der Waals surface area contributed by atoms with Crippen LogP contribution in [0.25, 0.3) is 0 Å². The van der Waals surface area contributed by atoms with Crippen molar-refractivity contribution in [3.05, 3.63) is 29.8 Å². The monoisotopic (exact) mass is 296 g/mol. The van der Waals surface area contributed by atoms with E-state index in [4.69, 9.17) is 10.6 Å². The minimum Gasteiger partial charge on any atom is -0.463 e. The maximum Gasteiger partial charge on any atom is 0.323 e. The third kappa shape index (κ3) is 4.21. The number of hydrazine groups is 1. The van der Waals surface area contributed by atoms with Crippen LogP contribution in [-0.4, -0.2) is 21.6 Å². The molecule has 0 aliphatic heterocycles. The normalized spacial score (nSPS) is 10.3. The molecule has 21 heavy (non-hydrogen) atoms. The molecule has 7 nitrogen and oxygen atoms in total. The molecule has 0 aliphatic rings. The number of hydrogen-bond donors (Lipinski definition) is 3. The van der Waals surface area contributed by atoms with E-state index in [0.717, 1.165) is 24.6 Å². The number of aromatic nitrogens is 3. The van der Waals surface area contributed by atoms with E-state index >= 15 is 0 Å². The van der Waals surface area contributed by atoms with Crippen molar-refractivity contribution in [3.63, 3.8) is 0 Å². The average molecular weight is 296 g/mol. The lowest BCUT2D eigenvalue weighted by Crippen LogP contribution is -2.14. The quantitative estimate of drug-likeness (QED) is 0.553. The minimum atomic E-state index is -0.716. The molecule has 112 valence electrons. The number of rotatable bonds is 6. The van der Waals surface area contributed by atoms with Crippen LogP contribution in [0.2, 0.25) is 0 Å². The fourth-order valence-electron chi connectivity index (χ4n) is 1.49. The number of nitrogen functional groups attached to an aromatic ring is 1. The van der Waals surface area contributed by atoms with Crippen LogP contribution < -0.4 is 21.3 Å². The lowest BCUT2D eigenvalue weighted by Gasteiger charge is -2.09. The Morgan fingerprint density at radius 3 is 2.38 bits per heavy atom. The first kappa shape index (κ1) is 14.9. The molecule has 0 aliphatic carbocycles. The van der Waals surface area contributed by atoms with Gasteiger partial charge in [-0.25, -0.2) is 14.6 Å². The highest BCUT2D eigenvalue weighted by molar-refractivity contribution is 5.54. The number of ether oxygens (including phenoxy) is 1. The second-order valence-corrected chi connectivity index (χ2v) is 4.04. The zero-order valence-corrected chi connectivity index (χ0v) is 11.2. The maximum absolute atomic E-state index is 13.1. The Morgan fingerprint density at radius 2 is 1.76 bits per heavy atom. The van der Waals surface area contributed by atoms with Gasteiger partial charge in [0.25, 0.3) is 0 Å². The van der Waals surface area contributed by atoms with Gasteiger partial charge in [-0.2, -0.15) is 15.0 Å². The molecule has 0 amide bonds. The summed E-state index contributed by atoms with van der Waals surface area (Å²) in [5.41, 5.74) is 2.42. The molecule has 1 aromatic carbocycles. The molecule has 4 N–H and O–H groups in total. The number of nitrogens with zero attached hydrogens (tertiary/aromatic N) is 3. The van der Waals surface area contributed by atoms with Gasteiger partial charge < -0.3 is 10.1 Å². The van der Waals surface area contributed by atoms with Crippen LogP contribution in [0.15, 0.2) is 18.2 Å². The molecule has 1 heterocycles. The van der Waals surface area contributed by atoms with Gasteiger partial charge in [0.1, 0.15) is 11.6 Å². The number of nitrogens with one attached hydrogen (secondary N) is 2. The highest BCUT2D eigenvalue weighted by Crippen LogP contribution is 2.18. The van der Waals surface area contributed by atoms with Crippen LogP contribution >= 0.6 is 0 Å². The Morgan fingerprint density at radius 1 is 1.10 bits per heavy atom. The lowest BCUT2D eigenvalue weighted by molar-refractivity contribution is 0.292. The van der Waals surface area contributed by atoms with Crippen molar-refractivity contribution in [3.8, 4) is 6.01 Å². The van der Waals surface area contributed by atoms with Crippen LogP contribution in [0.4, 0.5) is 26.4 Å². The van der Waals surface area contributed by atoms with Crippen LogP contribution in [0.3, 0.4) is 0 Å². The van der Waals surface area contributed by atoms with Crippen LogP contribution in [0, 0.1) is 11.6 Å². The SMILES string of the molecule is CCCOc1nc(NN)nc(Nc2cc(F)cc(F)c2)n1. The van der Waals surface area contributed by atoms with Crippen molar-refractivity contribution in [1.82, 2.24) is 15.0 Å². The van der Waals surface area contributed by atoms with Crippen LogP contribution in [0.5, 0.6) is 6.01 Å². The molecule has 0 bridgehead atoms. The van der Waals surface area contributed by atoms with E-state index in [9.17, 15) is 8.78 Å². The molecule has 0 atom stereocenters. The van der Waals surface area contributed by atoms with Crippen molar-refractivity contribution in [2.45, 2.75) is 13.3 Å². The average Bonchev–Trinajstić information content (AvgIpc) is 2.43. The first-order valence-electron chi connectivity index (χ1n) is 6.19. The summed E-state index contributed by atoms with van der Waals surface area (Å²) in [5, 5.41) is 2.66. The highest BCUT2D eigenvalue weighted by atomic mass is 19.1. The van der Waals surface area contributed by atoms with Gasteiger partial charge in [-0.3, -0.25) is 5.43 Å². The largest absolute Gasteiger partial charge is 0.463 e. The van der Waals surface area contributed by atoms with Gasteiger partial charge in [0, 0.05) is 11.8 Å². The molecular weight excluding hydrogens is 282 g/mol. The summed E-state index contributed by atoms with van der Waals surface area (Å²) in [4.78, 5) is 11.8. The van der Waals surface area contributed by atoms with Crippen molar-refractivity contribution in [1.29, 1.82) is 0 Å². The Kier molecular flexibility index (Phi) is 4.77. The van der Waals surface area contributed by atoms with E-state index < -0.39 is 11.6 Å². The third-order valence-electron chi connectivity index (χ3n) is 2.30. The third-order valence-corrected chi connectivity index (χ3v) is 2.30. The fourth-order valence-corrected chi connectivity index (χ4v) is 1.49. The van der Waals surface area contributed by atoms with E-state index in [1.807, 2.05) is 6.92 Å². The van der Waals surface area contributed by atoms with Gasteiger partial charge in [-0.15, -0.1) is 0 Å². The lowest BCUT2D eigenvalue weighted by atomic mass is 10.3. The van der Waals surface area contributed by atoms with Crippen LogP contribution in [-0.2, 0) is 0 Å². The Labute approximate surface area is 119 Å². The zero-order chi connectivity index (χ0) is 15.2. The smallest absolute Gasteiger partial charge is 0.323 e. The molecular formula is C12H14F2N6O. The number of anilines is 3. The zero-order valence-electron chi connectivity index (χ0n) is 11.2.